The first kappa shape index (κ1) is 13.4. The second-order valence-electron chi connectivity index (χ2n) is 5.30. The first-order chi connectivity index (χ1) is 8.72. The molecule has 1 aliphatic rings. The van der Waals surface area contributed by atoms with Crippen molar-refractivity contribution >= 4 is 5.69 Å². The van der Waals surface area contributed by atoms with Gasteiger partial charge in [-0.15, -0.1) is 0 Å². The third-order valence-electron chi connectivity index (χ3n) is 3.61. The fourth-order valence-electron chi connectivity index (χ4n) is 2.75. The van der Waals surface area contributed by atoms with Crippen LogP contribution in [0.25, 0.3) is 0 Å². The Balaban J connectivity index is 2.22. The molecule has 3 heteroatoms. The summed E-state index contributed by atoms with van der Waals surface area (Å²) in [6, 6.07) is 9.40. The van der Waals surface area contributed by atoms with Gasteiger partial charge in [0.15, 0.2) is 0 Å². The molecule has 18 heavy (non-hydrogen) atoms. The lowest BCUT2D eigenvalue weighted by Crippen LogP contribution is -2.55. The maximum absolute atomic E-state index is 3.51. The van der Waals surface area contributed by atoms with Gasteiger partial charge in [0.1, 0.15) is 0 Å². The molecule has 1 N–H and O–H groups in total. The minimum Gasteiger partial charge on any atom is -0.364 e. The van der Waals surface area contributed by atoms with Crippen LogP contribution in [0.15, 0.2) is 24.3 Å². The largest absolute Gasteiger partial charge is 0.364 e. The summed E-state index contributed by atoms with van der Waals surface area (Å²) in [5, 5.41) is 3.51. The molecule has 0 radical (unpaired) electrons. The average Bonchev–Trinajstić information content (AvgIpc) is 2.39. The highest BCUT2D eigenvalue weighted by molar-refractivity contribution is 5.55. The van der Waals surface area contributed by atoms with Crippen LogP contribution in [0.4, 0.5) is 5.69 Å². The van der Waals surface area contributed by atoms with Crippen molar-refractivity contribution < 1.29 is 0 Å². The Morgan fingerprint density at radius 1 is 1.33 bits per heavy atom. The summed E-state index contributed by atoms with van der Waals surface area (Å²) in [7, 11) is 4.30. The fraction of sp³-hybridized carbons (Fsp3) is 0.600. The first-order valence-corrected chi connectivity index (χ1v) is 6.92. The van der Waals surface area contributed by atoms with Gasteiger partial charge in [-0.25, -0.2) is 0 Å². The smallest absolute Gasteiger partial charge is 0.0541 e. The SMILES string of the molecule is CCc1ccccc1N1CCNCC1CN(C)C. The lowest BCUT2D eigenvalue weighted by atomic mass is 10.1. The summed E-state index contributed by atoms with van der Waals surface area (Å²) in [5.74, 6) is 0. The molecule has 1 atom stereocenters. The Kier molecular flexibility index (Phi) is 4.61. The van der Waals surface area contributed by atoms with E-state index < -0.39 is 0 Å². The highest BCUT2D eigenvalue weighted by atomic mass is 15.3. The molecule has 1 fully saturated rings. The minimum absolute atomic E-state index is 0.571. The molecule has 0 amide bonds. The van der Waals surface area contributed by atoms with Crippen LogP contribution < -0.4 is 10.2 Å². The molecular weight excluding hydrogens is 222 g/mol. The molecule has 3 nitrogen and oxygen atoms in total. The lowest BCUT2D eigenvalue weighted by Gasteiger charge is -2.40. The zero-order valence-electron chi connectivity index (χ0n) is 11.8. The molecule has 0 saturated carbocycles. The number of likely N-dealkylation sites (N-methyl/N-ethyl adjacent to an activating group) is 1. The van der Waals surface area contributed by atoms with Gasteiger partial charge in [-0.05, 0) is 32.1 Å². The van der Waals surface area contributed by atoms with Crippen molar-refractivity contribution in [1.82, 2.24) is 10.2 Å². The van der Waals surface area contributed by atoms with Crippen LogP contribution in [0.5, 0.6) is 0 Å². The van der Waals surface area contributed by atoms with Gasteiger partial charge in [-0.3, -0.25) is 0 Å². The van der Waals surface area contributed by atoms with Gasteiger partial charge in [-0.1, -0.05) is 25.1 Å². The molecule has 1 saturated heterocycles. The van der Waals surface area contributed by atoms with E-state index >= 15 is 0 Å². The molecule has 1 unspecified atom stereocenters. The number of nitrogens with zero attached hydrogens (tertiary/aromatic N) is 2. The van der Waals surface area contributed by atoms with E-state index in [2.05, 4.69) is 60.4 Å². The fourth-order valence-corrected chi connectivity index (χ4v) is 2.75. The molecule has 0 aromatic heterocycles. The molecule has 1 heterocycles. The quantitative estimate of drug-likeness (QED) is 0.871. The van der Waals surface area contributed by atoms with Gasteiger partial charge >= 0.3 is 0 Å². The lowest BCUT2D eigenvalue weighted by molar-refractivity contribution is 0.336. The van der Waals surface area contributed by atoms with E-state index in [1.165, 1.54) is 11.3 Å². The molecule has 2 rings (SSSR count). The van der Waals surface area contributed by atoms with E-state index in [1.54, 1.807) is 0 Å². The second kappa shape index (κ2) is 6.21. The number of para-hydroxylation sites is 1. The number of anilines is 1. The highest BCUT2D eigenvalue weighted by Crippen LogP contribution is 2.24. The summed E-state index contributed by atoms with van der Waals surface area (Å²) in [6.45, 7) is 6.61. The summed E-state index contributed by atoms with van der Waals surface area (Å²) >= 11 is 0. The van der Waals surface area contributed by atoms with Crippen LogP contribution in [0.1, 0.15) is 12.5 Å². The number of hydrogen-bond donors (Lipinski definition) is 1. The zero-order chi connectivity index (χ0) is 13.0. The van der Waals surface area contributed by atoms with Gasteiger partial charge in [0.2, 0.25) is 0 Å². The van der Waals surface area contributed by atoms with Crippen molar-refractivity contribution in [3.63, 3.8) is 0 Å². The van der Waals surface area contributed by atoms with Gasteiger partial charge in [0, 0.05) is 31.9 Å². The molecular formula is C15H25N3. The van der Waals surface area contributed by atoms with Crippen LogP contribution in [0, 0.1) is 0 Å². The summed E-state index contributed by atoms with van der Waals surface area (Å²) in [5.41, 5.74) is 2.89. The van der Waals surface area contributed by atoms with Gasteiger partial charge in [-0.2, -0.15) is 0 Å². The number of rotatable bonds is 4. The van der Waals surface area contributed by atoms with E-state index in [1.807, 2.05) is 0 Å². The van der Waals surface area contributed by atoms with Crippen LogP contribution in [-0.2, 0) is 6.42 Å². The molecule has 1 aromatic carbocycles. The van der Waals surface area contributed by atoms with Crippen molar-refractivity contribution in [2.75, 3.05) is 45.2 Å². The number of hydrogen-bond acceptors (Lipinski definition) is 3. The van der Waals surface area contributed by atoms with Gasteiger partial charge in [0.05, 0.1) is 6.04 Å². The molecule has 100 valence electrons. The van der Waals surface area contributed by atoms with Gasteiger partial charge in [0.25, 0.3) is 0 Å². The maximum atomic E-state index is 3.51. The Bertz CT molecular complexity index is 376. The minimum atomic E-state index is 0.571. The first-order valence-electron chi connectivity index (χ1n) is 6.92. The predicted octanol–water partition coefficient (Wildman–Crippen LogP) is 1.59. The van der Waals surface area contributed by atoms with E-state index in [0.717, 1.165) is 32.6 Å². The molecule has 1 aliphatic heterocycles. The molecule has 0 aliphatic carbocycles. The predicted molar refractivity (Wildman–Crippen MR) is 78.4 cm³/mol. The van der Waals surface area contributed by atoms with Crippen LogP contribution in [-0.4, -0.2) is 51.2 Å². The molecule has 1 aromatic rings. The van der Waals surface area contributed by atoms with E-state index in [-0.39, 0.29) is 0 Å². The number of aryl methyl sites for hydroxylation is 1. The maximum Gasteiger partial charge on any atom is 0.0541 e. The van der Waals surface area contributed by atoms with E-state index in [4.69, 9.17) is 0 Å². The monoisotopic (exact) mass is 247 g/mol. The highest BCUT2D eigenvalue weighted by Gasteiger charge is 2.23. The normalized spacial score (nSPS) is 20.4. The van der Waals surface area contributed by atoms with Crippen molar-refractivity contribution in [3.8, 4) is 0 Å². The van der Waals surface area contributed by atoms with Crippen molar-refractivity contribution in [2.45, 2.75) is 19.4 Å². The summed E-state index contributed by atoms with van der Waals surface area (Å²) in [4.78, 5) is 4.86. The van der Waals surface area contributed by atoms with E-state index in [9.17, 15) is 0 Å². The van der Waals surface area contributed by atoms with Crippen molar-refractivity contribution in [3.05, 3.63) is 29.8 Å². The van der Waals surface area contributed by atoms with Gasteiger partial charge < -0.3 is 15.1 Å². The van der Waals surface area contributed by atoms with Crippen LogP contribution in [0.2, 0.25) is 0 Å². The van der Waals surface area contributed by atoms with Crippen molar-refractivity contribution in [2.24, 2.45) is 0 Å². The number of nitrogens with one attached hydrogen (secondary N) is 1. The Hall–Kier alpha value is -1.06. The standard InChI is InChI=1S/C15H25N3/c1-4-13-7-5-6-8-15(13)18-10-9-16-11-14(18)12-17(2)3/h5-8,14,16H,4,9-12H2,1-3H3. The summed E-state index contributed by atoms with van der Waals surface area (Å²) in [6.07, 6.45) is 1.11. The van der Waals surface area contributed by atoms with Crippen LogP contribution >= 0.6 is 0 Å². The third kappa shape index (κ3) is 3.03. The molecule has 0 bridgehead atoms. The topological polar surface area (TPSA) is 18.5 Å². The third-order valence-corrected chi connectivity index (χ3v) is 3.61. The number of piperazine rings is 1. The Labute approximate surface area is 111 Å². The summed E-state index contributed by atoms with van der Waals surface area (Å²) < 4.78 is 0. The van der Waals surface area contributed by atoms with Crippen LogP contribution in [0.3, 0.4) is 0 Å². The zero-order valence-corrected chi connectivity index (χ0v) is 11.8. The van der Waals surface area contributed by atoms with Crippen molar-refractivity contribution in [1.29, 1.82) is 0 Å². The average molecular weight is 247 g/mol. The second-order valence-corrected chi connectivity index (χ2v) is 5.30. The number of benzene rings is 1. The van der Waals surface area contributed by atoms with E-state index in [0.29, 0.717) is 6.04 Å². The Morgan fingerprint density at radius 2 is 2.11 bits per heavy atom. The Morgan fingerprint density at radius 3 is 2.83 bits per heavy atom. The molecule has 0 spiro atoms.